The number of nitrogens with one attached hydrogen (secondary N) is 2. The Hall–Kier alpha value is -0.900. The molecule has 7 heteroatoms. The van der Waals surface area contributed by atoms with Crippen molar-refractivity contribution in [3.63, 3.8) is 0 Å². The second-order valence-corrected chi connectivity index (χ2v) is 7.15. The van der Waals surface area contributed by atoms with Gasteiger partial charge < -0.3 is 20.1 Å². The summed E-state index contributed by atoms with van der Waals surface area (Å²) < 4.78 is 11.0. The van der Waals surface area contributed by atoms with Crippen LogP contribution in [-0.4, -0.2) is 63.0 Å². The van der Waals surface area contributed by atoms with E-state index in [1.807, 2.05) is 0 Å². The van der Waals surface area contributed by atoms with Gasteiger partial charge in [-0.3, -0.25) is 9.89 Å². The molecule has 1 aliphatic rings. The molecule has 0 saturated carbocycles. The number of methoxy groups -OCH3 is 1. The SMILES string of the molecule is CN=C(NCc1ccccc1CN1CC(C)OC(C)C1)NC(C)COC.I. The minimum Gasteiger partial charge on any atom is -0.383 e. The molecule has 27 heavy (non-hydrogen) atoms. The fraction of sp³-hybridized carbons (Fsp3) is 0.650. The van der Waals surface area contributed by atoms with E-state index in [9.17, 15) is 0 Å². The van der Waals surface area contributed by atoms with Crippen LogP contribution in [0.5, 0.6) is 0 Å². The number of hydrogen-bond donors (Lipinski definition) is 2. The zero-order valence-corrected chi connectivity index (χ0v) is 19.5. The Morgan fingerprint density at radius 2 is 1.89 bits per heavy atom. The molecule has 0 aliphatic carbocycles. The Kier molecular flexibility index (Phi) is 11.2. The number of ether oxygens (including phenoxy) is 2. The summed E-state index contributed by atoms with van der Waals surface area (Å²) in [6, 6.07) is 8.81. The lowest BCUT2D eigenvalue weighted by molar-refractivity contribution is -0.0705. The number of morpholine rings is 1. The van der Waals surface area contributed by atoms with E-state index in [1.54, 1.807) is 14.2 Å². The number of rotatable bonds is 7. The maximum Gasteiger partial charge on any atom is 0.191 e. The van der Waals surface area contributed by atoms with Crippen LogP contribution in [0.2, 0.25) is 0 Å². The summed E-state index contributed by atoms with van der Waals surface area (Å²) in [5.74, 6) is 0.790. The predicted octanol–water partition coefficient (Wildman–Crippen LogP) is 2.61. The molecule has 0 spiro atoms. The van der Waals surface area contributed by atoms with Crippen molar-refractivity contribution in [3.8, 4) is 0 Å². The van der Waals surface area contributed by atoms with Crippen LogP contribution in [0.25, 0.3) is 0 Å². The van der Waals surface area contributed by atoms with Crippen molar-refractivity contribution < 1.29 is 9.47 Å². The topological polar surface area (TPSA) is 58.1 Å². The van der Waals surface area contributed by atoms with E-state index in [1.165, 1.54) is 11.1 Å². The molecule has 1 heterocycles. The summed E-state index contributed by atoms with van der Waals surface area (Å²) in [5.41, 5.74) is 2.64. The molecule has 3 atom stereocenters. The van der Waals surface area contributed by atoms with Crippen molar-refractivity contribution >= 4 is 29.9 Å². The van der Waals surface area contributed by atoms with Crippen molar-refractivity contribution in [1.82, 2.24) is 15.5 Å². The van der Waals surface area contributed by atoms with Crippen molar-refractivity contribution in [2.75, 3.05) is 33.9 Å². The van der Waals surface area contributed by atoms with E-state index in [0.717, 1.165) is 32.1 Å². The first-order valence-corrected chi connectivity index (χ1v) is 9.42. The van der Waals surface area contributed by atoms with E-state index >= 15 is 0 Å². The molecule has 3 unspecified atom stereocenters. The number of aliphatic imine (C=N–C) groups is 1. The first kappa shape index (κ1) is 24.1. The number of nitrogens with zero attached hydrogens (tertiary/aromatic N) is 2. The molecule has 0 aromatic heterocycles. The summed E-state index contributed by atoms with van der Waals surface area (Å²) >= 11 is 0. The molecule has 2 rings (SSSR count). The van der Waals surface area contributed by atoms with Crippen LogP contribution in [0, 0.1) is 0 Å². The Morgan fingerprint density at radius 3 is 2.48 bits per heavy atom. The lowest BCUT2D eigenvalue weighted by Gasteiger charge is -2.35. The van der Waals surface area contributed by atoms with Gasteiger partial charge >= 0.3 is 0 Å². The van der Waals surface area contributed by atoms with Crippen molar-refractivity contribution in [2.45, 2.75) is 52.1 Å². The van der Waals surface area contributed by atoms with Gasteiger partial charge in [-0.05, 0) is 31.9 Å². The second-order valence-electron chi connectivity index (χ2n) is 7.15. The van der Waals surface area contributed by atoms with Crippen molar-refractivity contribution in [1.29, 1.82) is 0 Å². The molecule has 2 N–H and O–H groups in total. The van der Waals surface area contributed by atoms with Crippen LogP contribution in [-0.2, 0) is 22.6 Å². The lowest BCUT2D eigenvalue weighted by atomic mass is 10.1. The quantitative estimate of drug-likeness (QED) is 0.350. The lowest BCUT2D eigenvalue weighted by Crippen LogP contribution is -2.45. The molecule has 0 bridgehead atoms. The van der Waals surface area contributed by atoms with Crippen LogP contribution in [0.3, 0.4) is 0 Å². The maximum absolute atomic E-state index is 5.85. The number of guanidine groups is 1. The minimum atomic E-state index is 0. The van der Waals surface area contributed by atoms with Gasteiger partial charge in [0.25, 0.3) is 0 Å². The molecule has 1 aliphatic heterocycles. The molecule has 154 valence electrons. The Balaban J connectivity index is 0.00000364. The third-order valence-electron chi connectivity index (χ3n) is 4.48. The number of hydrogen-bond acceptors (Lipinski definition) is 4. The van der Waals surface area contributed by atoms with Gasteiger partial charge in [-0.25, -0.2) is 0 Å². The molecular formula is C20H35IN4O2. The van der Waals surface area contributed by atoms with Gasteiger partial charge in [-0.2, -0.15) is 0 Å². The van der Waals surface area contributed by atoms with Gasteiger partial charge in [0.05, 0.1) is 18.8 Å². The van der Waals surface area contributed by atoms with E-state index < -0.39 is 0 Å². The van der Waals surface area contributed by atoms with Crippen LogP contribution in [0.15, 0.2) is 29.3 Å². The summed E-state index contributed by atoms with van der Waals surface area (Å²) in [4.78, 5) is 6.78. The highest BCUT2D eigenvalue weighted by Crippen LogP contribution is 2.17. The highest BCUT2D eigenvalue weighted by atomic mass is 127. The smallest absolute Gasteiger partial charge is 0.191 e. The third-order valence-corrected chi connectivity index (χ3v) is 4.48. The summed E-state index contributed by atoms with van der Waals surface area (Å²) in [6.07, 6.45) is 0.573. The third kappa shape index (κ3) is 8.33. The molecule has 1 aromatic carbocycles. The summed E-state index contributed by atoms with van der Waals surface area (Å²) in [7, 11) is 3.50. The van der Waals surface area contributed by atoms with E-state index in [4.69, 9.17) is 9.47 Å². The zero-order chi connectivity index (χ0) is 18.9. The van der Waals surface area contributed by atoms with Gasteiger partial charge in [-0.1, -0.05) is 24.3 Å². The van der Waals surface area contributed by atoms with Gasteiger partial charge in [0.1, 0.15) is 0 Å². The number of benzene rings is 1. The van der Waals surface area contributed by atoms with Crippen molar-refractivity contribution in [2.24, 2.45) is 4.99 Å². The molecule has 1 fully saturated rings. The monoisotopic (exact) mass is 490 g/mol. The molecule has 1 saturated heterocycles. The Morgan fingerprint density at radius 1 is 1.26 bits per heavy atom. The average molecular weight is 490 g/mol. The van der Waals surface area contributed by atoms with Gasteiger partial charge in [0, 0.05) is 46.4 Å². The van der Waals surface area contributed by atoms with Crippen LogP contribution < -0.4 is 10.6 Å². The van der Waals surface area contributed by atoms with Gasteiger partial charge in [0.2, 0.25) is 0 Å². The molecular weight excluding hydrogens is 455 g/mol. The minimum absolute atomic E-state index is 0. The highest BCUT2D eigenvalue weighted by Gasteiger charge is 2.22. The predicted molar refractivity (Wildman–Crippen MR) is 122 cm³/mol. The van der Waals surface area contributed by atoms with Gasteiger partial charge in [-0.15, -0.1) is 24.0 Å². The number of halogens is 1. The Labute approximate surface area is 181 Å². The largest absolute Gasteiger partial charge is 0.383 e. The van der Waals surface area contributed by atoms with E-state index in [0.29, 0.717) is 6.61 Å². The normalized spacial score (nSPS) is 22.0. The molecule has 1 aromatic rings. The van der Waals surface area contributed by atoms with Crippen LogP contribution >= 0.6 is 24.0 Å². The Bertz CT molecular complexity index is 575. The van der Waals surface area contributed by atoms with Crippen LogP contribution in [0.1, 0.15) is 31.9 Å². The molecule has 0 amide bonds. The second kappa shape index (κ2) is 12.5. The first-order chi connectivity index (χ1) is 12.5. The fourth-order valence-corrected chi connectivity index (χ4v) is 3.44. The standard InChI is InChI=1S/C20H34N4O2.HI/c1-15(14-25-5)23-20(21-4)22-10-18-8-6-7-9-19(18)13-24-11-16(2)26-17(3)12-24;/h6-9,15-17H,10-14H2,1-5H3,(H2,21,22,23);1H. The van der Waals surface area contributed by atoms with E-state index in [2.05, 4.69) is 65.6 Å². The molecule has 6 nitrogen and oxygen atoms in total. The summed E-state index contributed by atoms with van der Waals surface area (Å²) in [6.45, 7) is 10.6. The van der Waals surface area contributed by atoms with Gasteiger partial charge in [0.15, 0.2) is 5.96 Å². The van der Waals surface area contributed by atoms with Crippen LogP contribution in [0.4, 0.5) is 0 Å². The summed E-state index contributed by atoms with van der Waals surface area (Å²) in [5, 5.41) is 6.75. The highest BCUT2D eigenvalue weighted by molar-refractivity contribution is 14.0. The average Bonchev–Trinajstić information content (AvgIpc) is 2.59. The maximum atomic E-state index is 5.85. The fourth-order valence-electron chi connectivity index (χ4n) is 3.44. The first-order valence-electron chi connectivity index (χ1n) is 9.42. The molecule has 0 radical (unpaired) electrons. The zero-order valence-electron chi connectivity index (χ0n) is 17.2. The van der Waals surface area contributed by atoms with Crippen molar-refractivity contribution in [3.05, 3.63) is 35.4 Å². The van der Waals surface area contributed by atoms with E-state index in [-0.39, 0.29) is 42.2 Å².